The second kappa shape index (κ2) is 6.30. The second-order valence-electron chi connectivity index (χ2n) is 6.01. The van der Waals surface area contributed by atoms with Crippen LogP contribution in [0.1, 0.15) is 12.8 Å². The standard InChI is InChI=1S/C13H19N3O4S2.ClH/c14-13-5-4-9-7-16(8-12(9)13)22(19,20)11-3-1-2-10(6-11)21(15,17)18;/h1-3,6,9,12-13H,4-5,7-8,14H2,(H2,15,17,18);1H. The van der Waals surface area contributed by atoms with Gasteiger partial charge in [-0.2, -0.15) is 4.31 Å². The summed E-state index contributed by atoms with van der Waals surface area (Å²) in [7, 11) is -7.67. The van der Waals surface area contributed by atoms with Crippen molar-refractivity contribution in [3.63, 3.8) is 0 Å². The van der Waals surface area contributed by atoms with E-state index in [2.05, 4.69) is 0 Å². The largest absolute Gasteiger partial charge is 0.327 e. The van der Waals surface area contributed by atoms with Crippen LogP contribution in [-0.4, -0.2) is 40.3 Å². The van der Waals surface area contributed by atoms with Crippen LogP contribution in [0.25, 0.3) is 0 Å². The van der Waals surface area contributed by atoms with Crippen LogP contribution in [0.5, 0.6) is 0 Å². The minimum atomic E-state index is -3.94. The molecule has 1 aromatic carbocycles. The first-order valence-corrected chi connectivity index (χ1v) is 10.1. The van der Waals surface area contributed by atoms with E-state index in [1.54, 1.807) is 0 Å². The third kappa shape index (κ3) is 3.40. The van der Waals surface area contributed by atoms with E-state index < -0.39 is 20.0 Å². The summed E-state index contributed by atoms with van der Waals surface area (Å²) in [5, 5.41) is 5.06. The number of nitrogens with two attached hydrogens (primary N) is 2. The molecule has 1 saturated carbocycles. The van der Waals surface area contributed by atoms with Crippen molar-refractivity contribution in [3.05, 3.63) is 24.3 Å². The van der Waals surface area contributed by atoms with E-state index in [-0.39, 0.29) is 34.2 Å². The quantitative estimate of drug-likeness (QED) is 0.769. The van der Waals surface area contributed by atoms with Crippen molar-refractivity contribution in [2.45, 2.75) is 28.7 Å². The van der Waals surface area contributed by atoms with Gasteiger partial charge < -0.3 is 5.73 Å². The lowest BCUT2D eigenvalue weighted by atomic mass is 9.98. The zero-order valence-corrected chi connectivity index (χ0v) is 14.8. The molecule has 0 radical (unpaired) electrons. The Kier molecular flexibility index (Phi) is 5.10. The third-order valence-electron chi connectivity index (χ3n) is 4.65. The molecule has 0 spiro atoms. The molecule has 2 aliphatic rings. The molecule has 1 aromatic rings. The monoisotopic (exact) mass is 381 g/mol. The molecule has 3 unspecified atom stereocenters. The molecule has 1 saturated heterocycles. The highest BCUT2D eigenvalue weighted by molar-refractivity contribution is 7.90. The summed E-state index contributed by atoms with van der Waals surface area (Å²) < 4.78 is 49.6. The molecule has 10 heteroatoms. The van der Waals surface area contributed by atoms with E-state index in [4.69, 9.17) is 10.9 Å². The van der Waals surface area contributed by atoms with Crippen molar-refractivity contribution in [3.8, 4) is 0 Å². The molecule has 3 rings (SSSR count). The van der Waals surface area contributed by atoms with Gasteiger partial charge in [0.1, 0.15) is 0 Å². The van der Waals surface area contributed by atoms with Crippen LogP contribution in [0.15, 0.2) is 34.1 Å². The molecule has 1 aliphatic heterocycles. The normalized spacial score (nSPS) is 28.3. The second-order valence-corrected chi connectivity index (χ2v) is 9.51. The van der Waals surface area contributed by atoms with Gasteiger partial charge in [-0.15, -0.1) is 12.4 Å². The number of halogens is 1. The van der Waals surface area contributed by atoms with E-state index in [1.165, 1.54) is 22.5 Å². The Morgan fingerprint density at radius 3 is 2.30 bits per heavy atom. The molecule has 2 fully saturated rings. The SMILES string of the molecule is Cl.NC1CCC2CN(S(=O)(=O)c3cccc(S(N)(=O)=O)c3)CC12. The molecular weight excluding hydrogens is 362 g/mol. The first-order valence-electron chi connectivity index (χ1n) is 7.08. The predicted molar refractivity (Wildman–Crippen MR) is 88.0 cm³/mol. The summed E-state index contributed by atoms with van der Waals surface area (Å²) in [6.07, 6.45) is 1.87. The topological polar surface area (TPSA) is 124 Å². The van der Waals surface area contributed by atoms with Gasteiger partial charge in [0.05, 0.1) is 9.79 Å². The van der Waals surface area contributed by atoms with Gasteiger partial charge in [0.2, 0.25) is 20.0 Å². The zero-order chi connectivity index (χ0) is 16.1. The van der Waals surface area contributed by atoms with Gasteiger partial charge in [0.15, 0.2) is 0 Å². The van der Waals surface area contributed by atoms with Crippen LogP contribution in [0, 0.1) is 11.8 Å². The van der Waals surface area contributed by atoms with Gasteiger partial charge >= 0.3 is 0 Å². The maximum absolute atomic E-state index is 12.7. The Labute approximate surface area is 142 Å². The molecular formula is C13H20ClN3O4S2. The van der Waals surface area contributed by atoms with Crippen molar-refractivity contribution >= 4 is 32.5 Å². The number of rotatable bonds is 3. The molecule has 130 valence electrons. The van der Waals surface area contributed by atoms with E-state index in [0.29, 0.717) is 19.0 Å². The van der Waals surface area contributed by atoms with Gasteiger partial charge in [0, 0.05) is 19.1 Å². The summed E-state index contributed by atoms with van der Waals surface area (Å²) >= 11 is 0. The Bertz CT molecular complexity index is 797. The third-order valence-corrected chi connectivity index (χ3v) is 7.39. The smallest absolute Gasteiger partial charge is 0.243 e. The average Bonchev–Trinajstić information content (AvgIpc) is 3.01. The minimum absolute atomic E-state index is 0. The van der Waals surface area contributed by atoms with Crippen molar-refractivity contribution in [1.82, 2.24) is 4.31 Å². The number of benzene rings is 1. The Hall–Kier alpha value is -0.710. The highest BCUT2D eigenvalue weighted by Gasteiger charge is 2.45. The lowest BCUT2D eigenvalue weighted by Gasteiger charge is -2.19. The van der Waals surface area contributed by atoms with Crippen LogP contribution in [-0.2, 0) is 20.0 Å². The van der Waals surface area contributed by atoms with Crippen LogP contribution >= 0.6 is 12.4 Å². The average molecular weight is 382 g/mol. The van der Waals surface area contributed by atoms with E-state index in [9.17, 15) is 16.8 Å². The van der Waals surface area contributed by atoms with Crippen molar-refractivity contribution in [2.24, 2.45) is 22.7 Å². The molecule has 0 aromatic heterocycles. The summed E-state index contributed by atoms with van der Waals surface area (Å²) in [5.41, 5.74) is 6.03. The number of hydrogen-bond donors (Lipinski definition) is 2. The first-order chi connectivity index (χ1) is 10.2. The van der Waals surface area contributed by atoms with E-state index in [0.717, 1.165) is 18.9 Å². The molecule has 0 bridgehead atoms. The van der Waals surface area contributed by atoms with Crippen molar-refractivity contribution < 1.29 is 16.8 Å². The fourth-order valence-electron chi connectivity index (χ4n) is 3.42. The highest BCUT2D eigenvalue weighted by atomic mass is 35.5. The number of sulfonamides is 2. The van der Waals surface area contributed by atoms with Crippen LogP contribution in [0.4, 0.5) is 0 Å². The lowest BCUT2D eigenvalue weighted by molar-refractivity contribution is 0.427. The molecule has 0 amide bonds. The van der Waals surface area contributed by atoms with Crippen LogP contribution in [0.3, 0.4) is 0 Å². The summed E-state index contributed by atoms with van der Waals surface area (Å²) in [6, 6.07) is 5.20. The fraction of sp³-hybridized carbons (Fsp3) is 0.538. The van der Waals surface area contributed by atoms with Gasteiger partial charge in [-0.05, 0) is 42.9 Å². The highest BCUT2D eigenvalue weighted by Crippen LogP contribution is 2.39. The lowest BCUT2D eigenvalue weighted by Crippen LogP contribution is -2.33. The zero-order valence-electron chi connectivity index (χ0n) is 12.3. The number of hydrogen-bond acceptors (Lipinski definition) is 5. The predicted octanol–water partition coefficient (Wildman–Crippen LogP) is 0.114. The molecule has 1 heterocycles. The van der Waals surface area contributed by atoms with Crippen molar-refractivity contribution in [1.29, 1.82) is 0 Å². The maximum Gasteiger partial charge on any atom is 0.243 e. The Morgan fingerprint density at radius 2 is 1.70 bits per heavy atom. The molecule has 4 N–H and O–H groups in total. The van der Waals surface area contributed by atoms with Crippen LogP contribution in [0.2, 0.25) is 0 Å². The Balaban J connectivity index is 0.00000192. The maximum atomic E-state index is 12.7. The molecule has 1 aliphatic carbocycles. The summed E-state index contributed by atoms with van der Waals surface area (Å²) in [5.74, 6) is 0.488. The summed E-state index contributed by atoms with van der Waals surface area (Å²) in [4.78, 5) is -0.253. The van der Waals surface area contributed by atoms with Gasteiger partial charge in [-0.3, -0.25) is 0 Å². The van der Waals surface area contributed by atoms with Crippen LogP contribution < -0.4 is 10.9 Å². The molecule has 23 heavy (non-hydrogen) atoms. The number of primary sulfonamides is 1. The first kappa shape index (κ1) is 18.6. The number of fused-ring (bicyclic) bond motifs is 1. The van der Waals surface area contributed by atoms with Crippen molar-refractivity contribution in [2.75, 3.05) is 13.1 Å². The minimum Gasteiger partial charge on any atom is -0.327 e. The molecule has 7 nitrogen and oxygen atoms in total. The Morgan fingerprint density at radius 1 is 1.04 bits per heavy atom. The van der Waals surface area contributed by atoms with Gasteiger partial charge in [-0.25, -0.2) is 22.0 Å². The summed E-state index contributed by atoms with van der Waals surface area (Å²) in [6.45, 7) is 0.841. The fourth-order valence-corrected chi connectivity index (χ4v) is 5.64. The van der Waals surface area contributed by atoms with Gasteiger partial charge in [0.25, 0.3) is 0 Å². The number of nitrogens with zero attached hydrogens (tertiary/aromatic N) is 1. The molecule has 3 atom stereocenters. The van der Waals surface area contributed by atoms with Gasteiger partial charge in [-0.1, -0.05) is 6.07 Å². The van der Waals surface area contributed by atoms with E-state index >= 15 is 0 Å². The van der Waals surface area contributed by atoms with E-state index in [1.807, 2.05) is 0 Å².